The summed E-state index contributed by atoms with van der Waals surface area (Å²) in [6.45, 7) is 7.10. The molecule has 1 aliphatic carbocycles. The van der Waals surface area contributed by atoms with Crippen molar-refractivity contribution in [3.05, 3.63) is 0 Å². The molecule has 0 aromatic rings. The van der Waals surface area contributed by atoms with E-state index >= 15 is 0 Å². The van der Waals surface area contributed by atoms with Crippen LogP contribution in [0.3, 0.4) is 0 Å². The van der Waals surface area contributed by atoms with Gasteiger partial charge >= 0.3 is 5.97 Å². The summed E-state index contributed by atoms with van der Waals surface area (Å²) in [5, 5.41) is 8.89. The molecule has 3 nitrogen and oxygen atoms in total. The summed E-state index contributed by atoms with van der Waals surface area (Å²) in [5.74, 6) is -0.956. The Morgan fingerprint density at radius 3 is 2.38 bits per heavy atom. The zero-order chi connectivity index (χ0) is 12.3. The lowest BCUT2D eigenvalue weighted by molar-refractivity contribution is -0.141. The maximum absolute atomic E-state index is 10.8. The average Bonchev–Trinajstić information content (AvgIpc) is 2.17. The highest BCUT2D eigenvalue weighted by molar-refractivity contribution is 5.69. The van der Waals surface area contributed by atoms with Gasteiger partial charge in [-0.2, -0.15) is 0 Å². The Labute approximate surface area is 98.8 Å². The van der Waals surface area contributed by atoms with Crippen LogP contribution in [0.15, 0.2) is 0 Å². The molecular formula is C13H25NO2. The summed E-state index contributed by atoms with van der Waals surface area (Å²) in [4.78, 5) is 13.0. The van der Waals surface area contributed by atoms with Crippen LogP contribution in [0.4, 0.5) is 0 Å². The minimum atomic E-state index is -0.692. The van der Waals surface area contributed by atoms with E-state index in [2.05, 4.69) is 25.8 Å². The zero-order valence-electron chi connectivity index (χ0n) is 11.0. The Kier molecular flexibility index (Phi) is 4.36. The third-order valence-electron chi connectivity index (χ3n) is 3.92. The first-order valence-corrected chi connectivity index (χ1v) is 6.25. The second-order valence-electron chi connectivity index (χ2n) is 6.07. The molecular weight excluding hydrogens is 202 g/mol. The summed E-state index contributed by atoms with van der Waals surface area (Å²) >= 11 is 0. The van der Waals surface area contributed by atoms with E-state index in [-0.39, 0.29) is 5.92 Å². The number of rotatable bonds is 4. The molecule has 0 heterocycles. The van der Waals surface area contributed by atoms with E-state index in [0.29, 0.717) is 18.0 Å². The molecule has 1 rings (SSSR count). The molecule has 0 aromatic heterocycles. The molecule has 0 saturated heterocycles. The van der Waals surface area contributed by atoms with Gasteiger partial charge in [0.05, 0.1) is 5.92 Å². The van der Waals surface area contributed by atoms with Gasteiger partial charge in [0.25, 0.3) is 0 Å². The third kappa shape index (κ3) is 3.78. The maximum atomic E-state index is 10.8. The molecule has 1 saturated carbocycles. The molecule has 0 spiro atoms. The minimum Gasteiger partial charge on any atom is -0.481 e. The van der Waals surface area contributed by atoms with Crippen molar-refractivity contribution in [1.29, 1.82) is 0 Å². The molecule has 1 unspecified atom stereocenters. The van der Waals surface area contributed by atoms with E-state index in [0.717, 1.165) is 0 Å². The lowest BCUT2D eigenvalue weighted by atomic mass is 9.75. The fraction of sp³-hybridized carbons (Fsp3) is 0.923. The molecule has 0 bridgehead atoms. The van der Waals surface area contributed by atoms with Gasteiger partial charge in [-0.1, -0.05) is 20.8 Å². The third-order valence-corrected chi connectivity index (χ3v) is 3.92. The molecule has 1 atom stereocenters. The van der Waals surface area contributed by atoms with Gasteiger partial charge in [-0.25, -0.2) is 0 Å². The maximum Gasteiger partial charge on any atom is 0.307 e. The molecule has 0 aromatic carbocycles. The smallest absolute Gasteiger partial charge is 0.307 e. The van der Waals surface area contributed by atoms with Crippen LogP contribution in [0.5, 0.6) is 0 Å². The Morgan fingerprint density at radius 2 is 1.94 bits per heavy atom. The van der Waals surface area contributed by atoms with Gasteiger partial charge in [-0.3, -0.25) is 4.79 Å². The molecule has 0 aliphatic heterocycles. The summed E-state index contributed by atoms with van der Waals surface area (Å²) in [6, 6.07) is 0.579. The monoisotopic (exact) mass is 227 g/mol. The van der Waals surface area contributed by atoms with E-state index in [4.69, 9.17) is 5.11 Å². The van der Waals surface area contributed by atoms with Crippen LogP contribution in [0.25, 0.3) is 0 Å². The molecule has 94 valence electrons. The molecule has 16 heavy (non-hydrogen) atoms. The van der Waals surface area contributed by atoms with Gasteiger partial charge in [0.1, 0.15) is 0 Å². The first-order chi connectivity index (χ1) is 7.32. The predicted octanol–water partition coefficient (Wildman–Crippen LogP) is 2.61. The average molecular weight is 227 g/mol. The van der Waals surface area contributed by atoms with Crippen LogP contribution >= 0.6 is 0 Å². The second kappa shape index (κ2) is 5.17. The van der Waals surface area contributed by atoms with Gasteiger partial charge in [0.2, 0.25) is 0 Å². The Balaban J connectivity index is 2.39. The fourth-order valence-electron chi connectivity index (χ4n) is 2.48. The molecule has 1 fully saturated rings. The highest BCUT2D eigenvalue weighted by Gasteiger charge is 2.29. The number of nitrogens with zero attached hydrogens (tertiary/aromatic N) is 1. The van der Waals surface area contributed by atoms with Crippen molar-refractivity contribution in [2.45, 2.75) is 52.5 Å². The summed E-state index contributed by atoms with van der Waals surface area (Å²) in [5.41, 5.74) is 0.482. The van der Waals surface area contributed by atoms with Crippen LogP contribution in [0, 0.1) is 11.3 Å². The summed E-state index contributed by atoms with van der Waals surface area (Å²) in [6.07, 6.45) is 4.92. The van der Waals surface area contributed by atoms with Crippen LogP contribution < -0.4 is 0 Å². The van der Waals surface area contributed by atoms with Crippen molar-refractivity contribution >= 4 is 5.97 Å². The summed E-state index contributed by atoms with van der Waals surface area (Å²) < 4.78 is 0. The Hall–Kier alpha value is -0.570. The number of hydrogen-bond acceptors (Lipinski definition) is 2. The zero-order valence-corrected chi connectivity index (χ0v) is 11.0. The van der Waals surface area contributed by atoms with E-state index in [1.54, 1.807) is 6.92 Å². The van der Waals surface area contributed by atoms with Gasteiger partial charge in [-0.05, 0) is 38.1 Å². The van der Waals surface area contributed by atoms with Gasteiger partial charge in [0.15, 0.2) is 0 Å². The van der Waals surface area contributed by atoms with Gasteiger partial charge in [0, 0.05) is 12.6 Å². The number of carboxylic acid groups (broad SMARTS) is 1. The molecule has 1 N–H and O–H groups in total. The van der Waals surface area contributed by atoms with Crippen molar-refractivity contribution in [2.24, 2.45) is 11.3 Å². The normalized spacial score (nSPS) is 23.3. The summed E-state index contributed by atoms with van der Waals surface area (Å²) in [7, 11) is 2.06. The van der Waals surface area contributed by atoms with Crippen LogP contribution in [-0.2, 0) is 4.79 Å². The lowest BCUT2D eigenvalue weighted by Gasteiger charge is -2.39. The van der Waals surface area contributed by atoms with E-state index < -0.39 is 5.97 Å². The van der Waals surface area contributed by atoms with Crippen molar-refractivity contribution in [3.63, 3.8) is 0 Å². The predicted molar refractivity (Wildman–Crippen MR) is 65.5 cm³/mol. The van der Waals surface area contributed by atoms with Crippen molar-refractivity contribution in [2.75, 3.05) is 13.6 Å². The second-order valence-corrected chi connectivity index (χ2v) is 6.07. The topological polar surface area (TPSA) is 40.5 Å². The molecule has 3 heteroatoms. The van der Waals surface area contributed by atoms with Gasteiger partial charge < -0.3 is 10.0 Å². The van der Waals surface area contributed by atoms with E-state index in [9.17, 15) is 4.79 Å². The van der Waals surface area contributed by atoms with Gasteiger partial charge in [-0.15, -0.1) is 0 Å². The van der Waals surface area contributed by atoms with Crippen LogP contribution in [0.2, 0.25) is 0 Å². The molecule has 0 radical (unpaired) electrons. The van der Waals surface area contributed by atoms with Crippen molar-refractivity contribution in [1.82, 2.24) is 4.90 Å². The Morgan fingerprint density at radius 1 is 1.44 bits per heavy atom. The first-order valence-electron chi connectivity index (χ1n) is 6.25. The lowest BCUT2D eigenvalue weighted by Crippen LogP contribution is -2.40. The first kappa shape index (κ1) is 13.5. The van der Waals surface area contributed by atoms with E-state index in [1.807, 2.05) is 0 Å². The van der Waals surface area contributed by atoms with Crippen molar-refractivity contribution in [3.8, 4) is 0 Å². The highest BCUT2D eigenvalue weighted by Crippen LogP contribution is 2.36. The molecule has 0 amide bonds. The van der Waals surface area contributed by atoms with Crippen LogP contribution in [0.1, 0.15) is 46.5 Å². The number of aliphatic carboxylic acids is 1. The van der Waals surface area contributed by atoms with Crippen molar-refractivity contribution < 1.29 is 9.90 Å². The number of carboxylic acids is 1. The highest BCUT2D eigenvalue weighted by atomic mass is 16.4. The van der Waals surface area contributed by atoms with Crippen LogP contribution in [-0.4, -0.2) is 35.6 Å². The standard InChI is InChI=1S/C13H25NO2/c1-10(12(15)16)9-14(4)11-5-7-13(2,3)8-6-11/h10-11H,5-9H2,1-4H3,(H,15,16). The fourth-order valence-corrected chi connectivity index (χ4v) is 2.48. The largest absolute Gasteiger partial charge is 0.481 e. The van der Waals surface area contributed by atoms with E-state index in [1.165, 1.54) is 25.7 Å². The molecule has 1 aliphatic rings. The quantitative estimate of drug-likeness (QED) is 0.802. The number of hydrogen-bond donors (Lipinski definition) is 1. The minimum absolute atomic E-state index is 0.264. The number of carbonyl (C=O) groups is 1. The SMILES string of the molecule is CC(CN(C)C1CCC(C)(C)CC1)C(=O)O. The Bertz CT molecular complexity index is 240.